The molecule has 1 aliphatic heterocycles. The number of benzene rings is 1. The van der Waals surface area contributed by atoms with Gasteiger partial charge in [0.15, 0.2) is 5.82 Å². The average molecular weight is 353 g/mol. The molecule has 1 saturated carbocycles. The number of primary amides is 1. The predicted molar refractivity (Wildman–Crippen MR) is 98.7 cm³/mol. The molecule has 1 aromatic carbocycles. The number of nitrogens with zero attached hydrogens (tertiary/aromatic N) is 2. The van der Waals surface area contributed by atoms with Crippen LogP contribution in [0.5, 0.6) is 0 Å². The van der Waals surface area contributed by atoms with Crippen molar-refractivity contribution in [1.29, 1.82) is 0 Å². The summed E-state index contributed by atoms with van der Waals surface area (Å²) in [6, 6.07) is 7.03. The molecule has 7 nitrogen and oxygen atoms in total. The van der Waals surface area contributed by atoms with Crippen LogP contribution in [-0.2, 0) is 13.0 Å². The van der Waals surface area contributed by atoms with Crippen LogP contribution in [0.1, 0.15) is 40.9 Å². The zero-order chi connectivity index (χ0) is 18.1. The van der Waals surface area contributed by atoms with Crippen molar-refractivity contribution in [3.8, 4) is 11.4 Å². The van der Waals surface area contributed by atoms with Crippen molar-refractivity contribution < 1.29 is 9.90 Å². The third-order valence-corrected chi connectivity index (χ3v) is 5.17. The van der Waals surface area contributed by atoms with Crippen molar-refractivity contribution in [2.75, 3.05) is 11.9 Å². The third kappa shape index (κ3) is 3.27. The van der Waals surface area contributed by atoms with Crippen molar-refractivity contribution in [2.45, 2.75) is 44.4 Å². The standard InChI is InChI=1S/C19H23N5O2/c20-17(26)11-4-6-12(7-5-11)18-23-15-10-21-9-8-13(15)19(24-18)22-14-2-1-3-16(14)25/h4-7,14,16,21,25H,1-3,8-10H2,(H2,20,26)(H,22,23,24)/t14-,16+/m0/s1. The highest BCUT2D eigenvalue weighted by Gasteiger charge is 2.27. The molecule has 1 aliphatic carbocycles. The number of carbonyl (C=O) groups is 1. The number of anilines is 1. The molecule has 7 heteroatoms. The van der Waals surface area contributed by atoms with Crippen LogP contribution in [0.3, 0.4) is 0 Å². The maximum atomic E-state index is 11.3. The zero-order valence-corrected chi connectivity index (χ0v) is 14.5. The normalized spacial score (nSPS) is 22.0. The zero-order valence-electron chi connectivity index (χ0n) is 14.5. The maximum absolute atomic E-state index is 11.3. The number of carbonyl (C=O) groups excluding carboxylic acids is 1. The number of aliphatic hydroxyl groups excluding tert-OH is 1. The van der Waals surface area contributed by atoms with Gasteiger partial charge in [0.1, 0.15) is 5.82 Å². The molecule has 2 aliphatic rings. The smallest absolute Gasteiger partial charge is 0.248 e. The number of nitrogens with one attached hydrogen (secondary N) is 2. The monoisotopic (exact) mass is 353 g/mol. The quantitative estimate of drug-likeness (QED) is 0.657. The van der Waals surface area contributed by atoms with Gasteiger partial charge in [0, 0.05) is 23.2 Å². The number of rotatable bonds is 4. The number of amides is 1. The van der Waals surface area contributed by atoms with E-state index in [1.165, 1.54) is 0 Å². The Bertz CT molecular complexity index is 821. The molecule has 1 aromatic heterocycles. The Hall–Kier alpha value is -2.51. The van der Waals surface area contributed by atoms with Gasteiger partial charge >= 0.3 is 0 Å². The molecule has 0 saturated heterocycles. The van der Waals surface area contributed by atoms with Gasteiger partial charge in [-0.3, -0.25) is 4.79 Å². The van der Waals surface area contributed by atoms with Crippen molar-refractivity contribution in [1.82, 2.24) is 15.3 Å². The molecule has 26 heavy (non-hydrogen) atoms. The van der Waals surface area contributed by atoms with Crippen molar-refractivity contribution in [3.63, 3.8) is 0 Å². The van der Waals surface area contributed by atoms with E-state index in [0.717, 1.165) is 54.9 Å². The molecule has 0 radical (unpaired) electrons. The number of nitrogens with two attached hydrogens (primary N) is 1. The van der Waals surface area contributed by atoms with E-state index in [1.807, 2.05) is 12.1 Å². The van der Waals surface area contributed by atoms with E-state index >= 15 is 0 Å². The molecule has 136 valence electrons. The summed E-state index contributed by atoms with van der Waals surface area (Å²) in [5.41, 5.74) is 8.71. The lowest BCUT2D eigenvalue weighted by Gasteiger charge is -2.24. The van der Waals surface area contributed by atoms with Crippen molar-refractivity contribution >= 4 is 11.7 Å². The van der Waals surface area contributed by atoms with E-state index in [2.05, 4.69) is 10.6 Å². The Labute approximate surface area is 152 Å². The molecule has 0 spiro atoms. The van der Waals surface area contributed by atoms with Gasteiger partial charge in [0.25, 0.3) is 0 Å². The molecule has 5 N–H and O–H groups in total. The molecular weight excluding hydrogens is 330 g/mol. The molecule has 2 aromatic rings. The first kappa shape index (κ1) is 16.9. The first-order valence-electron chi connectivity index (χ1n) is 9.07. The van der Waals surface area contributed by atoms with E-state index in [-0.39, 0.29) is 12.1 Å². The SMILES string of the molecule is NC(=O)c1ccc(-c2nc3c(c(N[C@H]4CCC[C@H]4O)n2)CCNC3)cc1. The number of fused-ring (bicyclic) bond motifs is 1. The summed E-state index contributed by atoms with van der Waals surface area (Å²) < 4.78 is 0. The Morgan fingerprint density at radius 3 is 2.73 bits per heavy atom. The van der Waals surface area contributed by atoms with Gasteiger partial charge in [-0.15, -0.1) is 0 Å². The van der Waals surface area contributed by atoms with Gasteiger partial charge in [-0.1, -0.05) is 12.1 Å². The van der Waals surface area contributed by atoms with Gasteiger partial charge in [-0.25, -0.2) is 9.97 Å². The van der Waals surface area contributed by atoms with Crippen LogP contribution in [0.15, 0.2) is 24.3 Å². The van der Waals surface area contributed by atoms with E-state index in [0.29, 0.717) is 17.9 Å². The number of aliphatic hydroxyl groups is 1. The van der Waals surface area contributed by atoms with Crippen molar-refractivity contribution in [2.24, 2.45) is 5.73 Å². The Morgan fingerprint density at radius 2 is 2.04 bits per heavy atom. The topological polar surface area (TPSA) is 113 Å². The Morgan fingerprint density at radius 1 is 1.23 bits per heavy atom. The van der Waals surface area contributed by atoms with Gasteiger partial charge < -0.3 is 21.5 Å². The second kappa shape index (κ2) is 7.01. The molecular formula is C19H23N5O2. The van der Waals surface area contributed by atoms with Crippen LogP contribution in [0.4, 0.5) is 5.82 Å². The Balaban J connectivity index is 1.71. The second-order valence-electron chi connectivity index (χ2n) is 6.94. The second-order valence-corrected chi connectivity index (χ2v) is 6.94. The predicted octanol–water partition coefficient (Wildman–Crippen LogP) is 1.21. The summed E-state index contributed by atoms with van der Waals surface area (Å²) in [6.07, 6.45) is 3.33. The average Bonchev–Trinajstić information content (AvgIpc) is 3.06. The summed E-state index contributed by atoms with van der Waals surface area (Å²) in [6.45, 7) is 1.59. The maximum Gasteiger partial charge on any atom is 0.248 e. The highest BCUT2D eigenvalue weighted by molar-refractivity contribution is 5.93. The fourth-order valence-corrected chi connectivity index (χ4v) is 3.68. The molecule has 0 unspecified atom stereocenters. The van der Waals surface area contributed by atoms with E-state index < -0.39 is 5.91 Å². The fraction of sp³-hybridized carbons (Fsp3) is 0.421. The van der Waals surface area contributed by atoms with E-state index in [4.69, 9.17) is 15.7 Å². The van der Waals surface area contributed by atoms with Gasteiger partial charge in [-0.05, 0) is 44.4 Å². The first-order valence-corrected chi connectivity index (χ1v) is 9.07. The van der Waals surface area contributed by atoms with Crippen LogP contribution in [0, 0.1) is 0 Å². The molecule has 2 atom stereocenters. The highest BCUT2D eigenvalue weighted by atomic mass is 16.3. The van der Waals surface area contributed by atoms with E-state index in [9.17, 15) is 9.90 Å². The van der Waals surface area contributed by atoms with Crippen LogP contribution in [0.25, 0.3) is 11.4 Å². The molecule has 1 amide bonds. The number of aromatic nitrogens is 2. The molecule has 4 rings (SSSR count). The summed E-state index contributed by atoms with van der Waals surface area (Å²) in [7, 11) is 0. The van der Waals surface area contributed by atoms with Crippen LogP contribution >= 0.6 is 0 Å². The van der Waals surface area contributed by atoms with Crippen LogP contribution < -0.4 is 16.4 Å². The summed E-state index contributed by atoms with van der Waals surface area (Å²) in [5, 5.41) is 17.0. The fourth-order valence-electron chi connectivity index (χ4n) is 3.68. The highest BCUT2D eigenvalue weighted by Crippen LogP contribution is 2.28. The third-order valence-electron chi connectivity index (χ3n) is 5.17. The van der Waals surface area contributed by atoms with Crippen LogP contribution in [-0.4, -0.2) is 39.7 Å². The lowest BCUT2D eigenvalue weighted by Crippen LogP contribution is -2.31. The summed E-state index contributed by atoms with van der Waals surface area (Å²) in [4.78, 5) is 20.7. The number of hydrogen-bond acceptors (Lipinski definition) is 6. The minimum Gasteiger partial charge on any atom is -0.391 e. The summed E-state index contributed by atoms with van der Waals surface area (Å²) in [5.74, 6) is 0.972. The summed E-state index contributed by atoms with van der Waals surface area (Å²) >= 11 is 0. The minimum absolute atomic E-state index is 0.0361. The Kier molecular flexibility index (Phi) is 4.57. The minimum atomic E-state index is -0.454. The molecule has 0 bridgehead atoms. The molecule has 1 fully saturated rings. The largest absolute Gasteiger partial charge is 0.391 e. The van der Waals surface area contributed by atoms with E-state index in [1.54, 1.807) is 12.1 Å². The van der Waals surface area contributed by atoms with Gasteiger partial charge in [-0.2, -0.15) is 0 Å². The van der Waals surface area contributed by atoms with Crippen molar-refractivity contribution in [3.05, 3.63) is 41.1 Å². The number of hydrogen-bond donors (Lipinski definition) is 4. The lowest BCUT2D eigenvalue weighted by molar-refractivity contribution is 0.100. The van der Waals surface area contributed by atoms with Gasteiger partial charge in [0.2, 0.25) is 5.91 Å². The van der Waals surface area contributed by atoms with Gasteiger partial charge in [0.05, 0.1) is 17.8 Å². The molecule has 2 heterocycles. The lowest BCUT2D eigenvalue weighted by atomic mass is 10.0. The van der Waals surface area contributed by atoms with Crippen LogP contribution in [0.2, 0.25) is 0 Å². The first-order chi connectivity index (χ1) is 12.6.